The van der Waals surface area contributed by atoms with Gasteiger partial charge in [0.1, 0.15) is 5.75 Å². The van der Waals surface area contributed by atoms with Gasteiger partial charge in [-0.05, 0) is 54.4 Å². The van der Waals surface area contributed by atoms with Crippen LogP contribution >= 0.6 is 23.2 Å². The van der Waals surface area contributed by atoms with Crippen LogP contribution in [0.2, 0.25) is 10.0 Å². The van der Waals surface area contributed by atoms with Crippen LogP contribution in [0.3, 0.4) is 0 Å². The summed E-state index contributed by atoms with van der Waals surface area (Å²) in [6, 6.07) is 8.54. The lowest BCUT2D eigenvalue weighted by Crippen LogP contribution is -2.13. The molecule has 0 heterocycles. The van der Waals surface area contributed by atoms with Crippen molar-refractivity contribution in [3.63, 3.8) is 0 Å². The van der Waals surface area contributed by atoms with E-state index in [0.29, 0.717) is 21.9 Å². The Morgan fingerprint density at radius 3 is 2.35 bits per heavy atom. The average Bonchev–Trinajstić information content (AvgIpc) is 2.45. The predicted molar refractivity (Wildman–Crippen MR) is 86.8 cm³/mol. The summed E-state index contributed by atoms with van der Waals surface area (Å²) in [6.45, 7) is 1.64. The van der Waals surface area contributed by atoms with Crippen molar-refractivity contribution in [2.45, 2.75) is 18.2 Å². The van der Waals surface area contributed by atoms with Crippen LogP contribution in [0.1, 0.15) is 11.1 Å². The van der Waals surface area contributed by atoms with Crippen molar-refractivity contribution in [1.29, 1.82) is 0 Å². The summed E-state index contributed by atoms with van der Waals surface area (Å²) in [5, 5.41) is 0.641. The Bertz CT molecular complexity index is 845. The summed E-state index contributed by atoms with van der Waals surface area (Å²) in [7, 11) is -4.42. The van der Waals surface area contributed by atoms with Gasteiger partial charge in [-0.1, -0.05) is 23.2 Å². The molecule has 2 aromatic carbocycles. The van der Waals surface area contributed by atoms with Crippen LogP contribution in [0.15, 0.2) is 41.3 Å². The van der Waals surface area contributed by atoms with Gasteiger partial charge in [-0.15, -0.1) is 0 Å². The van der Waals surface area contributed by atoms with E-state index in [1.54, 1.807) is 19.1 Å². The van der Waals surface area contributed by atoms with Gasteiger partial charge in [0.05, 0.1) is 11.3 Å². The van der Waals surface area contributed by atoms with Crippen LogP contribution in [0.5, 0.6) is 5.75 Å². The van der Waals surface area contributed by atoms with Gasteiger partial charge in [0.2, 0.25) is 0 Å². The summed E-state index contributed by atoms with van der Waals surface area (Å²) >= 11 is 11.7. The molecule has 0 saturated carbocycles. The van der Waals surface area contributed by atoms with E-state index in [0.717, 1.165) is 6.07 Å². The van der Waals surface area contributed by atoms with Gasteiger partial charge in [-0.25, -0.2) is 0 Å². The minimum atomic E-state index is -4.42. The Labute approximate surface area is 143 Å². The topological polar surface area (TPSA) is 80.7 Å². The first-order chi connectivity index (χ1) is 10.7. The minimum Gasteiger partial charge on any atom is -0.426 e. The van der Waals surface area contributed by atoms with Crippen LogP contribution in [0, 0.1) is 6.92 Å². The number of benzene rings is 2. The first-order valence-corrected chi connectivity index (χ1v) is 8.59. The van der Waals surface area contributed by atoms with Crippen molar-refractivity contribution in [3.8, 4) is 5.75 Å². The third-order valence-electron chi connectivity index (χ3n) is 3.10. The lowest BCUT2D eigenvalue weighted by Gasteiger charge is -2.10. The normalized spacial score (nSPS) is 11.3. The Hall–Kier alpha value is -1.60. The molecule has 5 nitrogen and oxygen atoms in total. The van der Waals surface area contributed by atoms with Crippen LogP contribution in [0.25, 0.3) is 0 Å². The van der Waals surface area contributed by atoms with Crippen molar-refractivity contribution >= 4 is 39.3 Å². The summed E-state index contributed by atoms with van der Waals surface area (Å²) in [4.78, 5) is 11.6. The van der Waals surface area contributed by atoms with Gasteiger partial charge in [0, 0.05) is 10.0 Å². The van der Waals surface area contributed by atoms with Gasteiger partial charge in [-0.2, -0.15) is 8.42 Å². The molecule has 0 aromatic heterocycles. The molecule has 8 heteroatoms. The third kappa shape index (κ3) is 4.68. The largest absolute Gasteiger partial charge is 0.426 e. The number of hydrogen-bond donors (Lipinski definition) is 1. The third-order valence-corrected chi connectivity index (χ3v) is 4.58. The van der Waals surface area contributed by atoms with Crippen LogP contribution in [0.4, 0.5) is 0 Å². The van der Waals surface area contributed by atoms with Crippen molar-refractivity contribution in [1.82, 2.24) is 0 Å². The summed E-state index contributed by atoms with van der Waals surface area (Å²) in [5.41, 5.74) is 0.885. The van der Waals surface area contributed by atoms with Crippen LogP contribution < -0.4 is 4.74 Å². The quantitative estimate of drug-likeness (QED) is 0.501. The molecular formula is C15H12Cl2O5S. The average molecular weight is 375 g/mol. The second-order valence-corrected chi connectivity index (χ2v) is 7.03. The molecule has 0 aliphatic rings. The number of esters is 1. The van der Waals surface area contributed by atoms with E-state index in [1.807, 2.05) is 0 Å². The smallest absolute Gasteiger partial charge is 0.315 e. The molecule has 0 unspecified atom stereocenters. The van der Waals surface area contributed by atoms with Crippen molar-refractivity contribution in [2.24, 2.45) is 0 Å². The number of ether oxygens (including phenoxy) is 1. The van der Waals surface area contributed by atoms with E-state index >= 15 is 0 Å². The Balaban J connectivity index is 2.23. The van der Waals surface area contributed by atoms with Gasteiger partial charge in [0.15, 0.2) is 0 Å². The Kier molecular flexibility index (Phi) is 5.31. The maximum atomic E-state index is 12.0. The maximum absolute atomic E-state index is 12.0. The van der Waals surface area contributed by atoms with Crippen molar-refractivity contribution in [2.75, 3.05) is 0 Å². The zero-order valence-corrected chi connectivity index (χ0v) is 14.2. The number of hydrogen-bond acceptors (Lipinski definition) is 4. The van der Waals surface area contributed by atoms with E-state index < -0.39 is 16.1 Å². The van der Waals surface area contributed by atoms with E-state index in [-0.39, 0.29) is 16.3 Å². The molecule has 0 radical (unpaired) electrons. The fourth-order valence-corrected chi connectivity index (χ4v) is 2.85. The lowest BCUT2D eigenvalue weighted by molar-refractivity contribution is -0.133. The van der Waals surface area contributed by atoms with Gasteiger partial charge in [-0.3, -0.25) is 9.35 Å². The molecule has 2 rings (SSSR count). The molecule has 0 aliphatic heterocycles. The Morgan fingerprint density at radius 1 is 1.17 bits per heavy atom. The number of carbonyl (C=O) groups is 1. The molecule has 0 atom stereocenters. The van der Waals surface area contributed by atoms with E-state index in [4.69, 9.17) is 32.5 Å². The zero-order chi connectivity index (χ0) is 17.2. The first kappa shape index (κ1) is 17.7. The minimum absolute atomic E-state index is 0.134. The molecule has 0 bridgehead atoms. The second-order valence-electron chi connectivity index (χ2n) is 4.77. The maximum Gasteiger partial charge on any atom is 0.315 e. The number of halogens is 2. The molecule has 1 N–H and O–H groups in total. The lowest BCUT2D eigenvalue weighted by atomic mass is 10.1. The Morgan fingerprint density at radius 2 is 1.78 bits per heavy atom. The van der Waals surface area contributed by atoms with Gasteiger partial charge in [0.25, 0.3) is 10.1 Å². The number of carbonyl (C=O) groups excluding carboxylic acids is 1. The molecule has 0 aliphatic carbocycles. The highest BCUT2D eigenvalue weighted by atomic mass is 35.5. The van der Waals surface area contributed by atoms with E-state index in [2.05, 4.69) is 0 Å². The van der Waals surface area contributed by atoms with Crippen LogP contribution in [-0.4, -0.2) is 18.9 Å². The molecule has 0 spiro atoms. The number of rotatable bonds is 4. The van der Waals surface area contributed by atoms with Crippen molar-refractivity contribution in [3.05, 3.63) is 57.6 Å². The van der Waals surface area contributed by atoms with E-state index in [1.165, 1.54) is 18.2 Å². The highest BCUT2D eigenvalue weighted by Crippen LogP contribution is 2.25. The standard InChI is InChI=1S/C15H12Cl2O5S/c1-9-10(6-13(8-14(9)17)23(19,20)21)7-15(18)22-12-4-2-11(16)3-5-12/h2-6,8H,7H2,1H3,(H,19,20,21). The summed E-state index contributed by atoms with van der Waals surface area (Å²) in [5.74, 6) is -0.284. The zero-order valence-electron chi connectivity index (χ0n) is 11.9. The fourth-order valence-electron chi connectivity index (χ4n) is 1.87. The molecule has 122 valence electrons. The van der Waals surface area contributed by atoms with Crippen molar-refractivity contribution < 1.29 is 22.5 Å². The summed E-state index contributed by atoms with van der Waals surface area (Å²) in [6.07, 6.45) is -0.197. The fraction of sp³-hybridized carbons (Fsp3) is 0.133. The highest BCUT2D eigenvalue weighted by Gasteiger charge is 2.17. The molecule has 0 amide bonds. The highest BCUT2D eigenvalue weighted by molar-refractivity contribution is 7.85. The molecule has 23 heavy (non-hydrogen) atoms. The SMILES string of the molecule is Cc1c(Cl)cc(S(=O)(=O)O)cc1CC(=O)Oc1ccc(Cl)cc1. The van der Waals surface area contributed by atoms with Gasteiger partial charge >= 0.3 is 5.97 Å². The molecule has 2 aromatic rings. The molecular weight excluding hydrogens is 363 g/mol. The van der Waals surface area contributed by atoms with Gasteiger partial charge < -0.3 is 4.74 Å². The monoisotopic (exact) mass is 374 g/mol. The van der Waals surface area contributed by atoms with E-state index in [9.17, 15) is 13.2 Å². The second kappa shape index (κ2) is 6.88. The molecule has 0 fully saturated rings. The summed E-state index contributed by atoms with van der Waals surface area (Å²) < 4.78 is 36.7. The predicted octanol–water partition coefficient (Wildman–Crippen LogP) is 3.70. The molecule has 0 saturated heterocycles. The first-order valence-electron chi connectivity index (χ1n) is 6.39. The van der Waals surface area contributed by atoms with Crippen LogP contribution in [-0.2, 0) is 21.3 Å².